The van der Waals surface area contributed by atoms with Crippen LogP contribution >= 0.6 is 11.6 Å². The van der Waals surface area contributed by atoms with Crippen LogP contribution in [0.1, 0.15) is 29.2 Å². The fourth-order valence-corrected chi connectivity index (χ4v) is 2.78. The van der Waals surface area contributed by atoms with Gasteiger partial charge in [0.15, 0.2) is 0 Å². The standard InChI is InChI=1S/C16H16ClN/c1-10-2-3-12(9-15(10)17)11-4-6-14-13(8-11)5-7-16(14)18/h2-4,6,8-9,16H,5,7,18H2,1H3. The molecule has 0 saturated carbocycles. The molecule has 1 aliphatic rings. The van der Waals surface area contributed by atoms with Crippen LogP contribution in [0.25, 0.3) is 11.1 Å². The molecular formula is C16H16ClN. The highest BCUT2D eigenvalue weighted by Gasteiger charge is 2.19. The van der Waals surface area contributed by atoms with Gasteiger partial charge in [-0.15, -0.1) is 0 Å². The second kappa shape index (κ2) is 4.42. The third-order valence-electron chi connectivity index (χ3n) is 3.77. The van der Waals surface area contributed by atoms with Crippen molar-refractivity contribution in [3.63, 3.8) is 0 Å². The van der Waals surface area contributed by atoms with E-state index < -0.39 is 0 Å². The SMILES string of the molecule is Cc1ccc(-c2ccc3c(c2)CCC3N)cc1Cl. The monoisotopic (exact) mass is 257 g/mol. The van der Waals surface area contributed by atoms with Crippen LogP contribution in [0.15, 0.2) is 36.4 Å². The van der Waals surface area contributed by atoms with Crippen molar-refractivity contribution < 1.29 is 0 Å². The van der Waals surface area contributed by atoms with E-state index in [-0.39, 0.29) is 6.04 Å². The molecule has 3 rings (SSSR count). The van der Waals surface area contributed by atoms with Crippen molar-refractivity contribution >= 4 is 11.6 Å². The van der Waals surface area contributed by atoms with Crippen molar-refractivity contribution in [2.45, 2.75) is 25.8 Å². The lowest BCUT2D eigenvalue weighted by atomic mass is 9.99. The Bertz CT molecular complexity index is 604. The predicted octanol–water partition coefficient (Wildman–Crippen LogP) is 4.26. The second-order valence-electron chi connectivity index (χ2n) is 5.02. The van der Waals surface area contributed by atoms with Crippen molar-refractivity contribution in [1.29, 1.82) is 0 Å². The van der Waals surface area contributed by atoms with Gasteiger partial charge in [0, 0.05) is 11.1 Å². The fraction of sp³-hybridized carbons (Fsp3) is 0.250. The summed E-state index contributed by atoms with van der Waals surface area (Å²) < 4.78 is 0. The summed E-state index contributed by atoms with van der Waals surface area (Å²) in [5.41, 5.74) is 12.3. The lowest BCUT2D eigenvalue weighted by molar-refractivity contribution is 0.713. The summed E-state index contributed by atoms with van der Waals surface area (Å²) in [6.07, 6.45) is 2.15. The molecule has 2 heteroatoms. The van der Waals surface area contributed by atoms with Crippen LogP contribution in [0.2, 0.25) is 5.02 Å². The number of nitrogens with two attached hydrogens (primary N) is 1. The topological polar surface area (TPSA) is 26.0 Å². The highest BCUT2D eigenvalue weighted by atomic mass is 35.5. The summed E-state index contributed by atoms with van der Waals surface area (Å²) in [6.45, 7) is 2.02. The average molecular weight is 258 g/mol. The average Bonchev–Trinajstić information content (AvgIpc) is 2.74. The molecule has 0 radical (unpaired) electrons. The Morgan fingerprint density at radius 1 is 1.11 bits per heavy atom. The first-order valence-electron chi connectivity index (χ1n) is 6.30. The van der Waals surface area contributed by atoms with Gasteiger partial charge in [-0.1, -0.05) is 41.9 Å². The van der Waals surface area contributed by atoms with Crippen LogP contribution in [-0.4, -0.2) is 0 Å². The fourth-order valence-electron chi connectivity index (χ4n) is 2.60. The van der Waals surface area contributed by atoms with Gasteiger partial charge in [0.25, 0.3) is 0 Å². The van der Waals surface area contributed by atoms with Crippen LogP contribution in [0.4, 0.5) is 0 Å². The van der Waals surface area contributed by atoms with E-state index in [4.69, 9.17) is 17.3 Å². The first kappa shape index (κ1) is 11.8. The van der Waals surface area contributed by atoms with Gasteiger partial charge in [0.1, 0.15) is 0 Å². The van der Waals surface area contributed by atoms with Crippen molar-refractivity contribution in [3.8, 4) is 11.1 Å². The summed E-state index contributed by atoms with van der Waals surface area (Å²) >= 11 is 6.18. The first-order chi connectivity index (χ1) is 8.65. The van der Waals surface area contributed by atoms with Crippen LogP contribution in [0, 0.1) is 6.92 Å². The van der Waals surface area contributed by atoms with Gasteiger partial charge in [-0.3, -0.25) is 0 Å². The molecule has 1 atom stereocenters. The van der Waals surface area contributed by atoms with Gasteiger partial charge in [-0.2, -0.15) is 0 Å². The molecule has 0 spiro atoms. The molecule has 1 unspecified atom stereocenters. The summed E-state index contributed by atoms with van der Waals surface area (Å²) in [5, 5.41) is 0.824. The number of halogens is 1. The van der Waals surface area contributed by atoms with Gasteiger partial charge in [0.2, 0.25) is 0 Å². The zero-order valence-corrected chi connectivity index (χ0v) is 11.2. The number of benzene rings is 2. The summed E-state index contributed by atoms with van der Waals surface area (Å²) in [6, 6.07) is 13.0. The Hall–Kier alpha value is -1.31. The van der Waals surface area contributed by atoms with Crippen molar-refractivity contribution in [2.75, 3.05) is 0 Å². The zero-order valence-electron chi connectivity index (χ0n) is 10.4. The lowest BCUT2D eigenvalue weighted by Crippen LogP contribution is -2.04. The Kier molecular flexibility index (Phi) is 2.89. The molecule has 0 bridgehead atoms. The van der Waals surface area contributed by atoms with Crippen LogP contribution in [-0.2, 0) is 6.42 Å². The Labute approximate surface area is 113 Å². The molecule has 1 aliphatic carbocycles. The zero-order chi connectivity index (χ0) is 12.7. The Morgan fingerprint density at radius 2 is 1.83 bits per heavy atom. The van der Waals surface area contributed by atoms with Crippen molar-refractivity contribution in [3.05, 3.63) is 58.1 Å². The molecule has 0 saturated heterocycles. The highest BCUT2D eigenvalue weighted by molar-refractivity contribution is 6.31. The van der Waals surface area contributed by atoms with Gasteiger partial charge < -0.3 is 5.73 Å². The van der Waals surface area contributed by atoms with E-state index in [0.717, 1.165) is 23.4 Å². The van der Waals surface area contributed by atoms with Gasteiger partial charge >= 0.3 is 0 Å². The van der Waals surface area contributed by atoms with Gasteiger partial charge in [-0.05, 0) is 53.6 Å². The summed E-state index contributed by atoms with van der Waals surface area (Å²) in [4.78, 5) is 0. The van der Waals surface area contributed by atoms with E-state index in [1.807, 2.05) is 13.0 Å². The number of fused-ring (bicyclic) bond motifs is 1. The quantitative estimate of drug-likeness (QED) is 0.812. The number of hydrogen-bond donors (Lipinski definition) is 1. The second-order valence-corrected chi connectivity index (χ2v) is 5.43. The van der Waals surface area contributed by atoms with Crippen molar-refractivity contribution in [2.24, 2.45) is 5.73 Å². The van der Waals surface area contributed by atoms with Crippen LogP contribution in [0.5, 0.6) is 0 Å². The largest absolute Gasteiger partial charge is 0.324 e. The molecule has 0 aliphatic heterocycles. The van der Waals surface area contributed by atoms with E-state index >= 15 is 0 Å². The molecule has 2 aromatic carbocycles. The van der Waals surface area contributed by atoms with E-state index in [1.54, 1.807) is 0 Å². The summed E-state index contributed by atoms with van der Waals surface area (Å²) in [7, 11) is 0. The number of hydrogen-bond acceptors (Lipinski definition) is 1. The smallest absolute Gasteiger partial charge is 0.0441 e. The Morgan fingerprint density at radius 3 is 2.61 bits per heavy atom. The molecule has 18 heavy (non-hydrogen) atoms. The Balaban J connectivity index is 2.05. The maximum Gasteiger partial charge on any atom is 0.0441 e. The molecule has 2 aromatic rings. The maximum absolute atomic E-state index is 6.18. The third kappa shape index (κ3) is 1.94. The minimum absolute atomic E-state index is 0.218. The van der Waals surface area contributed by atoms with E-state index in [0.29, 0.717) is 0 Å². The molecule has 92 valence electrons. The van der Waals surface area contributed by atoms with E-state index in [9.17, 15) is 0 Å². The van der Waals surface area contributed by atoms with Gasteiger partial charge in [0.05, 0.1) is 0 Å². The molecule has 2 N–H and O–H groups in total. The first-order valence-corrected chi connectivity index (χ1v) is 6.68. The molecule has 0 amide bonds. The van der Waals surface area contributed by atoms with E-state index in [2.05, 4.69) is 30.3 Å². The van der Waals surface area contributed by atoms with Crippen molar-refractivity contribution in [1.82, 2.24) is 0 Å². The maximum atomic E-state index is 6.18. The molecular weight excluding hydrogens is 242 g/mol. The minimum atomic E-state index is 0.218. The molecule has 1 nitrogen and oxygen atoms in total. The molecule has 0 heterocycles. The third-order valence-corrected chi connectivity index (χ3v) is 4.18. The predicted molar refractivity (Wildman–Crippen MR) is 76.9 cm³/mol. The number of aryl methyl sites for hydroxylation is 2. The van der Waals surface area contributed by atoms with E-state index in [1.165, 1.54) is 22.3 Å². The van der Waals surface area contributed by atoms with Crippen LogP contribution < -0.4 is 5.73 Å². The molecule has 0 fully saturated rings. The minimum Gasteiger partial charge on any atom is -0.324 e. The normalized spacial score (nSPS) is 17.8. The van der Waals surface area contributed by atoms with Crippen LogP contribution in [0.3, 0.4) is 0 Å². The number of rotatable bonds is 1. The lowest BCUT2D eigenvalue weighted by Gasteiger charge is -2.08. The summed E-state index contributed by atoms with van der Waals surface area (Å²) in [5.74, 6) is 0. The molecule has 0 aromatic heterocycles. The van der Waals surface area contributed by atoms with Gasteiger partial charge in [-0.25, -0.2) is 0 Å². The highest BCUT2D eigenvalue weighted by Crippen LogP contribution is 2.33.